The molecule has 1 aromatic heterocycles. The van der Waals surface area contributed by atoms with Crippen LogP contribution in [0.4, 0.5) is 0 Å². The maximum absolute atomic E-state index is 8.60. The van der Waals surface area contributed by atoms with Crippen molar-refractivity contribution in [2.45, 2.75) is 26.2 Å². The van der Waals surface area contributed by atoms with E-state index in [9.17, 15) is 0 Å². The number of aliphatic hydroxyl groups excluding tert-OH is 1. The van der Waals surface area contributed by atoms with E-state index in [1.807, 2.05) is 6.92 Å². The van der Waals surface area contributed by atoms with E-state index in [4.69, 9.17) is 14.4 Å². The highest BCUT2D eigenvalue weighted by molar-refractivity contribution is 4.86. The molecule has 5 heteroatoms. The Labute approximate surface area is 83.1 Å². The molecule has 0 atom stereocenters. The second-order valence-corrected chi connectivity index (χ2v) is 2.88. The third-order valence-electron chi connectivity index (χ3n) is 1.73. The summed E-state index contributed by atoms with van der Waals surface area (Å²) in [7, 11) is 0. The third-order valence-corrected chi connectivity index (χ3v) is 1.73. The highest BCUT2D eigenvalue weighted by Crippen LogP contribution is 2.01. The van der Waals surface area contributed by atoms with Gasteiger partial charge in [0.1, 0.15) is 0 Å². The van der Waals surface area contributed by atoms with Crippen LogP contribution in [0.1, 0.15) is 25.1 Å². The normalized spacial score (nSPS) is 10.7. The van der Waals surface area contributed by atoms with Gasteiger partial charge in [-0.2, -0.15) is 4.98 Å². The number of aryl methyl sites for hydroxylation is 1. The van der Waals surface area contributed by atoms with Crippen molar-refractivity contribution in [2.75, 3.05) is 19.8 Å². The molecule has 1 rings (SSSR count). The zero-order valence-corrected chi connectivity index (χ0v) is 8.40. The lowest BCUT2D eigenvalue weighted by Gasteiger charge is -1.94. The molecule has 0 radical (unpaired) electrons. The molecule has 0 aliphatic rings. The smallest absolute Gasteiger partial charge is 0.226 e. The van der Waals surface area contributed by atoms with Crippen molar-refractivity contribution >= 4 is 0 Å². The third kappa shape index (κ3) is 3.85. The molecule has 0 fully saturated rings. The lowest BCUT2D eigenvalue weighted by atomic mass is 10.3. The molecule has 5 nitrogen and oxygen atoms in total. The summed E-state index contributed by atoms with van der Waals surface area (Å²) in [4.78, 5) is 4.15. The van der Waals surface area contributed by atoms with Crippen LogP contribution < -0.4 is 0 Å². The van der Waals surface area contributed by atoms with E-state index >= 15 is 0 Å². The zero-order chi connectivity index (χ0) is 10.2. The molecule has 0 aromatic carbocycles. The fourth-order valence-corrected chi connectivity index (χ4v) is 1.03. The van der Waals surface area contributed by atoms with Crippen LogP contribution in [0.3, 0.4) is 0 Å². The SMILES string of the molecule is CCOCCc1noc(CCCO)n1. The van der Waals surface area contributed by atoms with Crippen LogP contribution in [0.5, 0.6) is 0 Å². The van der Waals surface area contributed by atoms with Crippen LogP contribution >= 0.6 is 0 Å². The van der Waals surface area contributed by atoms with Crippen molar-refractivity contribution in [3.8, 4) is 0 Å². The highest BCUT2D eigenvalue weighted by atomic mass is 16.5. The summed E-state index contributed by atoms with van der Waals surface area (Å²) >= 11 is 0. The Kier molecular flexibility index (Phi) is 5.17. The Balaban J connectivity index is 2.27. The second-order valence-electron chi connectivity index (χ2n) is 2.88. The number of hydrogen-bond donors (Lipinski definition) is 1. The largest absolute Gasteiger partial charge is 0.396 e. The molecule has 0 amide bonds. The number of aromatic nitrogens is 2. The summed E-state index contributed by atoms with van der Waals surface area (Å²) in [6.45, 7) is 3.42. The lowest BCUT2D eigenvalue weighted by molar-refractivity contribution is 0.149. The molecule has 1 N–H and O–H groups in total. The number of hydrogen-bond acceptors (Lipinski definition) is 5. The van der Waals surface area contributed by atoms with Gasteiger partial charge in [-0.25, -0.2) is 0 Å². The van der Waals surface area contributed by atoms with Gasteiger partial charge in [0.15, 0.2) is 5.82 Å². The van der Waals surface area contributed by atoms with E-state index in [1.54, 1.807) is 0 Å². The Hall–Kier alpha value is -0.940. The number of rotatable bonds is 7. The Bertz CT molecular complexity index is 250. The molecular formula is C9H16N2O3. The van der Waals surface area contributed by atoms with Crippen molar-refractivity contribution < 1.29 is 14.4 Å². The second kappa shape index (κ2) is 6.50. The summed E-state index contributed by atoms with van der Waals surface area (Å²) in [5, 5.41) is 12.4. The molecule has 0 saturated carbocycles. The molecule has 1 heterocycles. The zero-order valence-electron chi connectivity index (χ0n) is 8.40. The molecule has 0 unspecified atom stereocenters. The van der Waals surface area contributed by atoms with Crippen LogP contribution in [0, 0.1) is 0 Å². The van der Waals surface area contributed by atoms with Gasteiger partial charge < -0.3 is 14.4 Å². The first kappa shape index (κ1) is 11.1. The van der Waals surface area contributed by atoms with Gasteiger partial charge >= 0.3 is 0 Å². The van der Waals surface area contributed by atoms with Crippen molar-refractivity contribution in [1.29, 1.82) is 0 Å². The summed E-state index contributed by atoms with van der Waals surface area (Å²) in [6, 6.07) is 0. The van der Waals surface area contributed by atoms with Crippen molar-refractivity contribution in [3.05, 3.63) is 11.7 Å². The first-order valence-corrected chi connectivity index (χ1v) is 4.87. The molecule has 14 heavy (non-hydrogen) atoms. The van der Waals surface area contributed by atoms with Crippen LogP contribution in [0.25, 0.3) is 0 Å². The average molecular weight is 200 g/mol. The lowest BCUT2D eigenvalue weighted by Crippen LogP contribution is -1.99. The first-order chi connectivity index (χ1) is 6.86. The van der Waals surface area contributed by atoms with Gasteiger partial charge in [0.2, 0.25) is 5.89 Å². The fraction of sp³-hybridized carbons (Fsp3) is 0.778. The summed E-state index contributed by atoms with van der Waals surface area (Å²) < 4.78 is 10.1. The maximum Gasteiger partial charge on any atom is 0.226 e. The summed E-state index contributed by atoms with van der Waals surface area (Å²) in [6.07, 6.45) is 1.97. The van der Waals surface area contributed by atoms with Gasteiger partial charge in [-0.15, -0.1) is 0 Å². The topological polar surface area (TPSA) is 68.4 Å². The van der Waals surface area contributed by atoms with Crippen LogP contribution in [-0.4, -0.2) is 35.1 Å². The maximum atomic E-state index is 8.60. The number of aliphatic hydroxyl groups is 1. The highest BCUT2D eigenvalue weighted by Gasteiger charge is 2.04. The van der Waals surface area contributed by atoms with Crippen molar-refractivity contribution in [1.82, 2.24) is 10.1 Å². The van der Waals surface area contributed by atoms with E-state index in [-0.39, 0.29) is 6.61 Å². The molecule has 0 saturated heterocycles. The van der Waals surface area contributed by atoms with Crippen molar-refractivity contribution in [2.24, 2.45) is 0 Å². The predicted molar refractivity (Wildman–Crippen MR) is 49.9 cm³/mol. The molecule has 0 aliphatic heterocycles. The minimum Gasteiger partial charge on any atom is -0.396 e. The van der Waals surface area contributed by atoms with Gasteiger partial charge in [0, 0.05) is 26.1 Å². The molecule has 0 spiro atoms. The molecule has 0 bridgehead atoms. The van der Waals surface area contributed by atoms with Crippen LogP contribution in [0.15, 0.2) is 4.52 Å². The monoisotopic (exact) mass is 200 g/mol. The van der Waals surface area contributed by atoms with Crippen molar-refractivity contribution in [3.63, 3.8) is 0 Å². The summed E-state index contributed by atoms with van der Waals surface area (Å²) in [5.74, 6) is 1.26. The fourth-order valence-electron chi connectivity index (χ4n) is 1.03. The summed E-state index contributed by atoms with van der Waals surface area (Å²) in [5.41, 5.74) is 0. The van der Waals surface area contributed by atoms with E-state index in [1.165, 1.54) is 0 Å². The Morgan fingerprint density at radius 2 is 2.29 bits per heavy atom. The van der Waals surface area contributed by atoms with E-state index in [0.29, 0.717) is 44.2 Å². The average Bonchev–Trinajstić information content (AvgIpc) is 2.63. The Morgan fingerprint density at radius 1 is 1.43 bits per heavy atom. The minimum absolute atomic E-state index is 0.149. The standard InChI is InChI=1S/C9H16N2O3/c1-2-13-7-5-8-10-9(14-11-8)4-3-6-12/h12H,2-7H2,1H3. The molecule has 0 aliphatic carbocycles. The molecule has 1 aromatic rings. The van der Waals surface area contributed by atoms with Crippen LogP contribution in [0.2, 0.25) is 0 Å². The number of ether oxygens (including phenoxy) is 1. The molecular weight excluding hydrogens is 184 g/mol. The van der Waals surface area contributed by atoms with Gasteiger partial charge in [0.05, 0.1) is 6.61 Å². The van der Waals surface area contributed by atoms with E-state index < -0.39 is 0 Å². The number of nitrogens with zero attached hydrogens (tertiary/aromatic N) is 2. The predicted octanol–water partition coefficient (Wildman–Crippen LogP) is 0.573. The first-order valence-electron chi connectivity index (χ1n) is 4.87. The van der Waals surface area contributed by atoms with Gasteiger partial charge in [-0.3, -0.25) is 0 Å². The van der Waals surface area contributed by atoms with Gasteiger partial charge in [-0.1, -0.05) is 5.16 Å². The minimum atomic E-state index is 0.149. The quantitative estimate of drug-likeness (QED) is 0.652. The molecule has 80 valence electrons. The van der Waals surface area contributed by atoms with E-state index in [0.717, 1.165) is 0 Å². The van der Waals surface area contributed by atoms with Gasteiger partial charge in [-0.05, 0) is 13.3 Å². The van der Waals surface area contributed by atoms with Crippen LogP contribution in [-0.2, 0) is 17.6 Å². The Morgan fingerprint density at radius 3 is 3.00 bits per heavy atom. The van der Waals surface area contributed by atoms with Gasteiger partial charge in [0.25, 0.3) is 0 Å². The van der Waals surface area contributed by atoms with E-state index in [2.05, 4.69) is 10.1 Å².